The molecule has 2 amide bonds. The molecule has 1 aromatic heterocycles. The molecule has 9 heteroatoms. The highest BCUT2D eigenvalue weighted by molar-refractivity contribution is 6.11. The van der Waals surface area contributed by atoms with E-state index in [4.69, 9.17) is 9.72 Å². The van der Waals surface area contributed by atoms with Crippen LogP contribution in [0.15, 0.2) is 53.7 Å². The van der Waals surface area contributed by atoms with E-state index in [-0.39, 0.29) is 24.1 Å². The first kappa shape index (κ1) is 30.7. The molecule has 0 bridgehead atoms. The lowest BCUT2D eigenvalue weighted by atomic mass is 9.98. The summed E-state index contributed by atoms with van der Waals surface area (Å²) in [7, 11) is 0. The number of piperidine rings is 2. The standard InChI is InChI=1S/C34H46N6O3/c1-24-8-10-26(21-29(24)30-7-5-6-16-35-30)32(41)37-27-12-17-39(18-13-27)23-25-9-11-31(36-22-25)40-19-14-28(15-20-40)38-33(42)43-34(2,3)4/h5,7-11,21-22,27-28H,6,12-20,23H2,1-4H3,(H,37,41)(H,38,42). The van der Waals surface area contributed by atoms with Crippen LogP contribution in [0.4, 0.5) is 10.6 Å². The van der Waals surface area contributed by atoms with Gasteiger partial charge in [-0.15, -0.1) is 0 Å². The van der Waals surface area contributed by atoms with Crippen molar-refractivity contribution in [2.45, 2.75) is 84.0 Å². The number of nitrogens with one attached hydrogen (secondary N) is 2. The van der Waals surface area contributed by atoms with Crippen LogP contribution in [-0.2, 0) is 11.3 Å². The van der Waals surface area contributed by atoms with Crippen LogP contribution >= 0.6 is 0 Å². The Morgan fingerprint density at radius 3 is 2.35 bits per heavy atom. The quantitative estimate of drug-likeness (QED) is 0.473. The number of ether oxygens (including phenoxy) is 1. The minimum absolute atomic E-state index is 0.00969. The molecule has 230 valence electrons. The van der Waals surface area contributed by atoms with Gasteiger partial charge in [-0.25, -0.2) is 9.78 Å². The van der Waals surface area contributed by atoms with Gasteiger partial charge in [0.2, 0.25) is 0 Å². The van der Waals surface area contributed by atoms with Crippen molar-refractivity contribution in [2.24, 2.45) is 4.99 Å². The Hall–Kier alpha value is -3.72. The molecule has 0 spiro atoms. The molecule has 0 aliphatic carbocycles. The SMILES string of the molecule is Cc1ccc(C(=O)NC2CCN(Cc3ccc(N4CCC(NC(=O)OC(C)(C)C)CC4)nc3)CC2)cc1C1=NCCC=C1. The van der Waals surface area contributed by atoms with E-state index in [2.05, 4.69) is 56.6 Å². The number of hydrogen-bond acceptors (Lipinski definition) is 7. The van der Waals surface area contributed by atoms with Crippen molar-refractivity contribution in [1.82, 2.24) is 20.5 Å². The topological polar surface area (TPSA) is 99.2 Å². The zero-order valence-corrected chi connectivity index (χ0v) is 26.1. The largest absolute Gasteiger partial charge is 0.444 e. The highest BCUT2D eigenvalue weighted by Crippen LogP contribution is 2.21. The van der Waals surface area contributed by atoms with Gasteiger partial charge in [0, 0.05) is 68.7 Å². The van der Waals surface area contributed by atoms with Crippen LogP contribution in [0.2, 0.25) is 0 Å². The summed E-state index contributed by atoms with van der Waals surface area (Å²) >= 11 is 0. The number of rotatable bonds is 7. The number of carbonyl (C=O) groups is 2. The molecule has 43 heavy (non-hydrogen) atoms. The molecule has 2 saturated heterocycles. The zero-order chi connectivity index (χ0) is 30.4. The number of allylic oxidation sites excluding steroid dienone is 1. The molecule has 1 aromatic carbocycles. The van der Waals surface area contributed by atoms with E-state index >= 15 is 0 Å². The maximum atomic E-state index is 13.1. The summed E-state index contributed by atoms with van der Waals surface area (Å²) in [6.07, 6.45) is 10.4. The number of amides is 2. The van der Waals surface area contributed by atoms with Gasteiger partial charge in [0.1, 0.15) is 11.4 Å². The molecule has 9 nitrogen and oxygen atoms in total. The molecule has 2 aromatic rings. The summed E-state index contributed by atoms with van der Waals surface area (Å²) in [6, 6.07) is 10.5. The predicted molar refractivity (Wildman–Crippen MR) is 171 cm³/mol. The molecule has 5 rings (SSSR count). The highest BCUT2D eigenvalue weighted by Gasteiger charge is 2.25. The molecule has 0 unspecified atom stereocenters. The van der Waals surface area contributed by atoms with E-state index in [1.54, 1.807) is 0 Å². The van der Waals surface area contributed by atoms with Gasteiger partial charge < -0.3 is 20.3 Å². The van der Waals surface area contributed by atoms with Crippen LogP contribution in [0, 0.1) is 6.92 Å². The summed E-state index contributed by atoms with van der Waals surface area (Å²) in [6.45, 7) is 12.9. The second-order valence-corrected chi connectivity index (χ2v) is 12.9. The second-order valence-electron chi connectivity index (χ2n) is 12.9. The van der Waals surface area contributed by atoms with Crippen molar-refractivity contribution >= 4 is 23.5 Å². The maximum absolute atomic E-state index is 13.1. The van der Waals surface area contributed by atoms with Gasteiger partial charge in [0.25, 0.3) is 5.91 Å². The molecule has 4 heterocycles. The minimum atomic E-state index is -0.489. The maximum Gasteiger partial charge on any atom is 0.407 e. The van der Waals surface area contributed by atoms with Gasteiger partial charge >= 0.3 is 6.09 Å². The average Bonchev–Trinajstić information content (AvgIpc) is 2.99. The van der Waals surface area contributed by atoms with Crippen molar-refractivity contribution in [2.75, 3.05) is 37.6 Å². The lowest BCUT2D eigenvalue weighted by Gasteiger charge is -2.34. The van der Waals surface area contributed by atoms with E-state index in [1.165, 1.54) is 5.56 Å². The van der Waals surface area contributed by atoms with Crippen LogP contribution in [0.1, 0.15) is 79.9 Å². The summed E-state index contributed by atoms with van der Waals surface area (Å²) in [5, 5.41) is 6.26. The monoisotopic (exact) mass is 586 g/mol. The smallest absolute Gasteiger partial charge is 0.407 e. The number of alkyl carbamates (subject to hydrolysis) is 1. The van der Waals surface area contributed by atoms with Crippen LogP contribution in [0.3, 0.4) is 0 Å². The normalized spacial score (nSPS) is 18.7. The van der Waals surface area contributed by atoms with E-state index in [0.717, 1.165) is 94.0 Å². The van der Waals surface area contributed by atoms with E-state index in [1.807, 2.05) is 45.2 Å². The first-order valence-corrected chi connectivity index (χ1v) is 15.7. The average molecular weight is 587 g/mol. The number of hydrogen-bond donors (Lipinski definition) is 2. The van der Waals surface area contributed by atoms with Crippen LogP contribution < -0.4 is 15.5 Å². The molecular weight excluding hydrogens is 540 g/mol. The number of pyridine rings is 1. The van der Waals surface area contributed by atoms with Gasteiger partial charge in [-0.3, -0.25) is 14.7 Å². The number of dihydropyridines is 1. The Morgan fingerprint density at radius 2 is 1.70 bits per heavy atom. The van der Waals surface area contributed by atoms with Crippen molar-refractivity contribution in [3.8, 4) is 0 Å². The van der Waals surface area contributed by atoms with Gasteiger partial charge in [0.15, 0.2) is 0 Å². The molecule has 0 radical (unpaired) electrons. The lowest BCUT2D eigenvalue weighted by Crippen LogP contribution is -2.46. The van der Waals surface area contributed by atoms with Crippen LogP contribution in [0.25, 0.3) is 0 Å². The number of aliphatic imine (C=N–C) groups is 1. The summed E-state index contributed by atoms with van der Waals surface area (Å²) in [4.78, 5) is 39.3. The number of carbonyl (C=O) groups excluding carboxylic acids is 2. The number of aryl methyl sites for hydroxylation is 1. The number of anilines is 1. The van der Waals surface area contributed by atoms with Crippen molar-refractivity contribution in [1.29, 1.82) is 0 Å². The second kappa shape index (κ2) is 13.7. The van der Waals surface area contributed by atoms with Crippen molar-refractivity contribution in [3.05, 3.63) is 70.9 Å². The van der Waals surface area contributed by atoms with Gasteiger partial charge in [0.05, 0.1) is 5.71 Å². The summed E-state index contributed by atoms with van der Waals surface area (Å²) < 4.78 is 5.39. The third-order valence-electron chi connectivity index (χ3n) is 8.31. The van der Waals surface area contributed by atoms with E-state index < -0.39 is 5.60 Å². The fourth-order valence-corrected chi connectivity index (χ4v) is 5.91. The Balaban J connectivity index is 1.05. The molecule has 0 saturated carbocycles. The summed E-state index contributed by atoms with van der Waals surface area (Å²) in [5.74, 6) is 0.969. The van der Waals surface area contributed by atoms with Crippen molar-refractivity contribution < 1.29 is 14.3 Å². The molecule has 2 fully saturated rings. The fraction of sp³-hybridized carbons (Fsp3) is 0.529. The number of likely N-dealkylation sites (tertiary alicyclic amines) is 1. The Kier molecular flexibility index (Phi) is 9.80. The molecule has 2 N–H and O–H groups in total. The Morgan fingerprint density at radius 1 is 0.977 bits per heavy atom. The van der Waals surface area contributed by atoms with E-state index in [0.29, 0.717) is 5.56 Å². The predicted octanol–water partition coefficient (Wildman–Crippen LogP) is 5.03. The fourth-order valence-electron chi connectivity index (χ4n) is 5.91. The molecular formula is C34H46N6O3. The Bertz CT molecular complexity index is 1330. The Labute approximate surface area is 255 Å². The van der Waals surface area contributed by atoms with Crippen LogP contribution in [-0.4, -0.2) is 78.0 Å². The van der Waals surface area contributed by atoms with Gasteiger partial charge in [-0.1, -0.05) is 18.2 Å². The molecule has 3 aliphatic rings. The zero-order valence-electron chi connectivity index (χ0n) is 26.1. The number of benzene rings is 1. The lowest BCUT2D eigenvalue weighted by molar-refractivity contribution is 0.0497. The highest BCUT2D eigenvalue weighted by atomic mass is 16.6. The van der Waals surface area contributed by atoms with Crippen molar-refractivity contribution in [3.63, 3.8) is 0 Å². The molecule has 0 atom stereocenters. The number of nitrogens with zero attached hydrogens (tertiary/aromatic N) is 4. The van der Waals surface area contributed by atoms with E-state index in [9.17, 15) is 9.59 Å². The first-order chi connectivity index (χ1) is 20.6. The third kappa shape index (κ3) is 8.66. The molecule has 3 aliphatic heterocycles. The third-order valence-corrected chi connectivity index (χ3v) is 8.31. The van der Waals surface area contributed by atoms with Crippen LogP contribution in [0.5, 0.6) is 0 Å². The van der Waals surface area contributed by atoms with Gasteiger partial charge in [-0.05, 0) is 95.2 Å². The summed E-state index contributed by atoms with van der Waals surface area (Å²) in [5.41, 5.74) is 4.54. The number of aromatic nitrogens is 1. The minimum Gasteiger partial charge on any atom is -0.444 e. The van der Waals surface area contributed by atoms with Gasteiger partial charge in [-0.2, -0.15) is 0 Å². The first-order valence-electron chi connectivity index (χ1n) is 15.7.